The molecule has 0 amide bonds. The Bertz CT molecular complexity index is 402. The summed E-state index contributed by atoms with van der Waals surface area (Å²) in [6.45, 7) is 11.3. The quantitative estimate of drug-likeness (QED) is 0.592. The Morgan fingerprint density at radius 2 is 1.88 bits per heavy atom. The second-order valence-corrected chi connectivity index (χ2v) is 7.77. The van der Waals surface area contributed by atoms with Crippen molar-refractivity contribution in [1.82, 2.24) is 4.90 Å². The number of nitrogens with zero attached hydrogens (tertiary/aromatic N) is 1. The molecule has 1 saturated heterocycles. The van der Waals surface area contributed by atoms with E-state index in [0.29, 0.717) is 0 Å². The summed E-state index contributed by atoms with van der Waals surface area (Å²) in [6.07, 6.45) is 4.36. The first-order valence-electron chi connectivity index (χ1n) is 9.98. The lowest BCUT2D eigenvalue weighted by molar-refractivity contribution is -0.142. The average molecular weight is 358 g/mol. The number of aliphatic hydroxyl groups is 1. The van der Waals surface area contributed by atoms with E-state index in [2.05, 4.69) is 25.7 Å². The van der Waals surface area contributed by atoms with Gasteiger partial charge in [0, 0.05) is 19.2 Å². The molecular formula is C20H39NO4. The fraction of sp³-hybridized carbons (Fsp3) is 0.950. The van der Waals surface area contributed by atoms with Gasteiger partial charge in [0.15, 0.2) is 0 Å². The third-order valence-corrected chi connectivity index (χ3v) is 6.69. The van der Waals surface area contributed by atoms with Crippen LogP contribution in [0.4, 0.5) is 0 Å². The number of carboxylic acid groups (broad SMARTS) is 1. The van der Waals surface area contributed by atoms with Crippen LogP contribution in [0.2, 0.25) is 0 Å². The van der Waals surface area contributed by atoms with Gasteiger partial charge in [-0.1, -0.05) is 41.0 Å². The van der Waals surface area contributed by atoms with Crippen LogP contribution in [0.1, 0.15) is 73.1 Å². The van der Waals surface area contributed by atoms with Gasteiger partial charge >= 0.3 is 5.97 Å². The molecule has 0 aromatic carbocycles. The predicted molar refractivity (Wildman–Crippen MR) is 101 cm³/mol. The lowest BCUT2D eigenvalue weighted by atomic mass is 9.81. The summed E-state index contributed by atoms with van der Waals surface area (Å²) in [6, 6.07) is 0.0463. The van der Waals surface area contributed by atoms with Crippen LogP contribution in [-0.2, 0) is 9.53 Å². The van der Waals surface area contributed by atoms with E-state index in [-0.39, 0.29) is 35.9 Å². The van der Waals surface area contributed by atoms with Crippen LogP contribution >= 0.6 is 0 Å². The maximum atomic E-state index is 11.6. The highest BCUT2D eigenvalue weighted by atomic mass is 16.5. The molecule has 0 spiro atoms. The van der Waals surface area contributed by atoms with E-state index in [9.17, 15) is 15.0 Å². The monoisotopic (exact) mass is 357 g/mol. The fourth-order valence-electron chi connectivity index (χ4n) is 4.67. The normalized spacial score (nSPS) is 24.0. The summed E-state index contributed by atoms with van der Waals surface area (Å²) in [4.78, 5) is 13.9. The summed E-state index contributed by atoms with van der Waals surface area (Å²) < 4.78 is 5.96. The van der Waals surface area contributed by atoms with Crippen molar-refractivity contribution < 1.29 is 19.7 Å². The largest absolute Gasteiger partial charge is 0.481 e. The highest BCUT2D eigenvalue weighted by molar-refractivity contribution is 5.67. The topological polar surface area (TPSA) is 70.0 Å². The third kappa shape index (κ3) is 4.95. The van der Waals surface area contributed by atoms with Crippen LogP contribution in [-0.4, -0.2) is 58.5 Å². The molecule has 5 atom stereocenters. The minimum absolute atomic E-state index is 0.0678. The van der Waals surface area contributed by atoms with Crippen molar-refractivity contribution in [3.63, 3.8) is 0 Å². The number of carboxylic acids is 1. The van der Waals surface area contributed by atoms with Gasteiger partial charge in [0.05, 0.1) is 18.1 Å². The molecule has 0 aromatic heterocycles. The van der Waals surface area contributed by atoms with Crippen molar-refractivity contribution >= 4 is 5.97 Å². The highest BCUT2D eigenvalue weighted by Crippen LogP contribution is 2.38. The van der Waals surface area contributed by atoms with E-state index < -0.39 is 12.1 Å². The number of likely N-dealkylation sites (tertiary alicyclic amines) is 1. The van der Waals surface area contributed by atoms with E-state index in [4.69, 9.17) is 4.74 Å². The Morgan fingerprint density at radius 3 is 2.32 bits per heavy atom. The Morgan fingerprint density at radius 1 is 1.28 bits per heavy atom. The number of methoxy groups -OCH3 is 1. The van der Waals surface area contributed by atoms with Crippen molar-refractivity contribution in [1.29, 1.82) is 0 Å². The van der Waals surface area contributed by atoms with E-state index in [1.165, 1.54) is 0 Å². The molecule has 148 valence electrons. The maximum absolute atomic E-state index is 11.6. The molecule has 0 bridgehead atoms. The molecule has 25 heavy (non-hydrogen) atoms. The summed E-state index contributed by atoms with van der Waals surface area (Å²) in [5, 5.41) is 20.2. The molecule has 0 aromatic rings. The Labute approximate surface area is 153 Å². The smallest absolute Gasteiger partial charge is 0.304 e. The summed E-state index contributed by atoms with van der Waals surface area (Å²) in [5.74, 6) is -0.721. The second kappa shape index (κ2) is 9.89. The standard InChI is InChI=1S/C20H39NO4/c1-7-14(4)19(24)15(5)16(13-18(22)23)21-12-10-11-17(21)20(8-2,9-3)25-6/h14-17,19,24H,7-13H2,1-6H3,(H,22,23)/t14-,15+,16+,17-,19+/m0/s1. The number of aliphatic hydroxyl groups excluding tert-OH is 1. The minimum Gasteiger partial charge on any atom is -0.481 e. The molecule has 0 aliphatic carbocycles. The van der Waals surface area contributed by atoms with E-state index >= 15 is 0 Å². The second-order valence-electron chi connectivity index (χ2n) is 7.77. The van der Waals surface area contributed by atoms with Gasteiger partial charge in [0.1, 0.15) is 0 Å². The number of rotatable bonds is 11. The van der Waals surface area contributed by atoms with Crippen LogP contribution in [0.5, 0.6) is 0 Å². The molecule has 5 heteroatoms. The lowest BCUT2D eigenvalue weighted by Crippen LogP contribution is -2.56. The molecule has 1 aliphatic heterocycles. The molecule has 2 N–H and O–H groups in total. The zero-order valence-electron chi connectivity index (χ0n) is 17.0. The number of carbonyl (C=O) groups is 1. The Kier molecular flexibility index (Phi) is 8.85. The van der Waals surface area contributed by atoms with Crippen molar-refractivity contribution in [2.45, 2.75) is 96.9 Å². The average Bonchev–Trinajstić information content (AvgIpc) is 3.09. The van der Waals surface area contributed by atoms with Gasteiger partial charge in [-0.2, -0.15) is 0 Å². The molecule has 1 fully saturated rings. The summed E-state index contributed by atoms with van der Waals surface area (Å²) in [7, 11) is 1.77. The van der Waals surface area contributed by atoms with Gasteiger partial charge in [-0.05, 0) is 44.1 Å². The maximum Gasteiger partial charge on any atom is 0.304 e. The van der Waals surface area contributed by atoms with Gasteiger partial charge in [-0.15, -0.1) is 0 Å². The van der Waals surface area contributed by atoms with E-state index in [0.717, 1.165) is 38.6 Å². The molecule has 0 unspecified atom stereocenters. The van der Waals surface area contributed by atoms with Gasteiger partial charge in [-0.25, -0.2) is 0 Å². The first kappa shape index (κ1) is 22.4. The van der Waals surface area contributed by atoms with Gasteiger partial charge in [-0.3, -0.25) is 9.69 Å². The van der Waals surface area contributed by atoms with Crippen LogP contribution < -0.4 is 0 Å². The first-order valence-corrected chi connectivity index (χ1v) is 9.98. The van der Waals surface area contributed by atoms with E-state index in [1.807, 2.05) is 13.8 Å². The van der Waals surface area contributed by atoms with Crippen molar-refractivity contribution in [3.05, 3.63) is 0 Å². The SMILES string of the molecule is CC[C@H](C)[C@@H](O)[C@H](C)[C@@H](CC(=O)O)N1CCC[C@H]1C(CC)(CC)OC. The van der Waals surface area contributed by atoms with Crippen molar-refractivity contribution in [2.24, 2.45) is 11.8 Å². The fourth-order valence-corrected chi connectivity index (χ4v) is 4.67. The predicted octanol–water partition coefficient (Wildman–Crippen LogP) is 3.54. The first-order chi connectivity index (χ1) is 11.8. The third-order valence-electron chi connectivity index (χ3n) is 6.69. The van der Waals surface area contributed by atoms with Crippen molar-refractivity contribution in [3.8, 4) is 0 Å². The number of hydrogen-bond donors (Lipinski definition) is 2. The number of hydrogen-bond acceptors (Lipinski definition) is 4. The van der Waals surface area contributed by atoms with E-state index in [1.54, 1.807) is 7.11 Å². The molecule has 5 nitrogen and oxygen atoms in total. The molecular weight excluding hydrogens is 318 g/mol. The van der Waals surface area contributed by atoms with Crippen molar-refractivity contribution in [2.75, 3.05) is 13.7 Å². The molecule has 1 heterocycles. The summed E-state index contributed by atoms with van der Waals surface area (Å²) >= 11 is 0. The van der Waals surface area contributed by atoms with Gasteiger partial charge < -0.3 is 14.9 Å². The van der Waals surface area contributed by atoms with Crippen LogP contribution in [0.3, 0.4) is 0 Å². The lowest BCUT2D eigenvalue weighted by Gasteiger charge is -2.46. The number of ether oxygens (including phenoxy) is 1. The Balaban J connectivity index is 3.14. The molecule has 1 rings (SSSR count). The molecule has 1 aliphatic rings. The minimum atomic E-state index is -0.796. The Hall–Kier alpha value is -0.650. The highest BCUT2D eigenvalue weighted by Gasteiger charge is 2.46. The zero-order chi connectivity index (χ0) is 19.2. The molecule has 0 radical (unpaired) electrons. The zero-order valence-corrected chi connectivity index (χ0v) is 17.0. The molecule has 0 saturated carbocycles. The van der Waals surface area contributed by atoms with Crippen LogP contribution in [0, 0.1) is 11.8 Å². The number of aliphatic carboxylic acids is 1. The van der Waals surface area contributed by atoms with Crippen LogP contribution in [0.15, 0.2) is 0 Å². The van der Waals surface area contributed by atoms with Gasteiger partial charge in [0.2, 0.25) is 0 Å². The van der Waals surface area contributed by atoms with Crippen LogP contribution in [0.25, 0.3) is 0 Å². The summed E-state index contributed by atoms with van der Waals surface area (Å²) in [5.41, 5.74) is -0.242. The van der Waals surface area contributed by atoms with Gasteiger partial charge in [0.25, 0.3) is 0 Å².